The molecule has 2 fully saturated rings. The van der Waals surface area contributed by atoms with Crippen molar-refractivity contribution in [3.8, 4) is 0 Å². The van der Waals surface area contributed by atoms with E-state index in [0.717, 1.165) is 30.3 Å². The average molecular weight is 316 g/mol. The highest BCUT2D eigenvalue weighted by Crippen LogP contribution is 2.36. The normalized spacial score (nSPS) is 24.3. The maximum Gasteiger partial charge on any atom is 0.496 e. The van der Waals surface area contributed by atoms with Crippen LogP contribution in [0.3, 0.4) is 0 Å². The monoisotopic (exact) mass is 316 g/mol. The van der Waals surface area contributed by atoms with E-state index >= 15 is 0 Å². The largest absolute Gasteiger partial charge is 0.496 e. The number of pyridine rings is 1. The highest BCUT2D eigenvalue weighted by molar-refractivity contribution is 6.62. The van der Waals surface area contributed by atoms with E-state index in [1.807, 2.05) is 6.20 Å². The van der Waals surface area contributed by atoms with Crippen LogP contribution in [0.2, 0.25) is 0 Å². The first-order valence-electron chi connectivity index (χ1n) is 8.77. The van der Waals surface area contributed by atoms with Crippen LogP contribution in [-0.2, 0) is 9.31 Å². The van der Waals surface area contributed by atoms with E-state index in [9.17, 15) is 0 Å². The fraction of sp³-hybridized carbons (Fsp3) is 0.722. The summed E-state index contributed by atoms with van der Waals surface area (Å²) < 4.78 is 12.3. The first kappa shape index (κ1) is 16.8. The van der Waals surface area contributed by atoms with E-state index in [4.69, 9.17) is 14.3 Å². The molecule has 3 rings (SSSR count). The molecular formula is C18H29BN2O2. The van der Waals surface area contributed by atoms with Crippen LogP contribution in [0.1, 0.15) is 53.0 Å². The summed E-state index contributed by atoms with van der Waals surface area (Å²) in [6, 6.07) is 2.17. The van der Waals surface area contributed by atoms with Gasteiger partial charge in [0.25, 0.3) is 0 Å². The van der Waals surface area contributed by atoms with Crippen LogP contribution in [0.25, 0.3) is 0 Å². The Morgan fingerprint density at radius 3 is 2.22 bits per heavy atom. The predicted molar refractivity (Wildman–Crippen MR) is 95.3 cm³/mol. The molecule has 0 aromatic carbocycles. The van der Waals surface area contributed by atoms with E-state index in [0.29, 0.717) is 0 Å². The molecular weight excluding hydrogens is 287 g/mol. The molecule has 0 spiro atoms. The van der Waals surface area contributed by atoms with Crippen molar-refractivity contribution in [2.24, 2.45) is 5.92 Å². The van der Waals surface area contributed by atoms with Gasteiger partial charge < -0.3 is 14.2 Å². The summed E-state index contributed by atoms with van der Waals surface area (Å²) in [4.78, 5) is 7.14. The van der Waals surface area contributed by atoms with Gasteiger partial charge in [0.1, 0.15) is 5.82 Å². The fourth-order valence-corrected chi connectivity index (χ4v) is 3.25. The van der Waals surface area contributed by atoms with E-state index in [-0.39, 0.29) is 18.3 Å². The van der Waals surface area contributed by atoms with Crippen LogP contribution < -0.4 is 10.4 Å². The number of aromatic nitrogens is 1. The zero-order valence-corrected chi connectivity index (χ0v) is 15.3. The van der Waals surface area contributed by atoms with Crippen LogP contribution in [0.5, 0.6) is 0 Å². The minimum Gasteiger partial charge on any atom is -0.399 e. The lowest BCUT2D eigenvalue weighted by atomic mass is 9.79. The van der Waals surface area contributed by atoms with Crippen molar-refractivity contribution in [2.75, 3.05) is 18.0 Å². The summed E-state index contributed by atoms with van der Waals surface area (Å²) in [7, 11) is -0.332. The highest BCUT2D eigenvalue weighted by atomic mass is 16.7. The molecule has 0 amide bonds. The number of piperidine rings is 1. The Hall–Kier alpha value is -1.07. The molecule has 3 heterocycles. The minimum absolute atomic E-state index is 0.312. The lowest BCUT2D eigenvalue weighted by molar-refractivity contribution is 0.00578. The van der Waals surface area contributed by atoms with Crippen molar-refractivity contribution in [1.82, 2.24) is 4.98 Å². The van der Waals surface area contributed by atoms with Crippen molar-refractivity contribution in [2.45, 2.75) is 65.6 Å². The second-order valence-corrected chi connectivity index (χ2v) is 8.17. The van der Waals surface area contributed by atoms with Gasteiger partial charge >= 0.3 is 7.12 Å². The first-order valence-corrected chi connectivity index (χ1v) is 8.77. The molecule has 0 aliphatic carbocycles. The quantitative estimate of drug-likeness (QED) is 0.786. The maximum absolute atomic E-state index is 6.13. The summed E-state index contributed by atoms with van der Waals surface area (Å²) in [5.74, 6) is 1.94. The van der Waals surface area contributed by atoms with Gasteiger partial charge in [0.05, 0.1) is 11.2 Å². The second-order valence-electron chi connectivity index (χ2n) is 8.17. The van der Waals surface area contributed by atoms with Crippen LogP contribution in [0, 0.1) is 12.8 Å². The summed E-state index contributed by atoms with van der Waals surface area (Å²) in [5, 5.41) is 0. The van der Waals surface area contributed by atoms with Crippen LogP contribution >= 0.6 is 0 Å². The Bertz CT molecular complexity index is 564. The fourth-order valence-electron chi connectivity index (χ4n) is 3.25. The van der Waals surface area contributed by atoms with Crippen molar-refractivity contribution in [3.05, 3.63) is 17.8 Å². The lowest BCUT2D eigenvalue weighted by Crippen LogP contribution is -2.41. The first-order chi connectivity index (χ1) is 10.7. The molecule has 4 nitrogen and oxygen atoms in total. The van der Waals surface area contributed by atoms with Gasteiger partial charge in [-0.2, -0.15) is 0 Å². The van der Waals surface area contributed by atoms with Gasteiger partial charge in [-0.25, -0.2) is 4.98 Å². The Morgan fingerprint density at radius 1 is 1.13 bits per heavy atom. The topological polar surface area (TPSA) is 34.6 Å². The summed E-state index contributed by atoms with van der Waals surface area (Å²) >= 11 is 0. The van der Waals surface area contributed by atoms with Crippen molar-refractivity contribution in [1.29, 1.82) is 0 Å². The van der Waals surface area contributed by atoms with Gasteiger partial charge in [0, 0.05) is 24.7 Å². The molecule has 1 aromatic rings. The third kappa shape index (κ3) is 3.13. The number of hydrogen-bond acceptors (Lipinski definition) is 4. The van der Waals surface area contributed by atoms with Gasteiger partial charge in [-0.3, -0.25) is 0 Å². The van der Waals surface area contributed by atoms with Crippen LogP contribution in [0.4, 0.5) is 5.82 Å². The molecule has 0 unspecified atom stereocenters. The van der Waals surface area contributed by atoms with Gasteiger partial charge in [-0.1, -0.05) is 13.0 Å². The Balaban J connectivity index is 1.78. The average Bonchev–Trinajstić information content (AvgIpc) is 2.68. The molecule has 0 atom stereocenters. The molecule has 2 aliphatic rings. The van der Waals surface area contributed by atoms with Crippen LogP contribution in [0.15, 0.2) is 12.3 Å². The summed E-state index contributed by atoms with van der Waals surface area (Å²) in [6.07, 6.45) is 4.42. The number of aryl methyl sites for hydroxylation is 1. The van der Waals surface area contributed by atoms with Crippen molar-refractivity contribution in [3.63, 3.8) is 0 Å². The number of rotatable bonds is 2. The molecule has 0 radical (unpaired) electrons. The molecule has 23 heavy (non-hydrogen) atoms. The summed E-state index contributed by atoms with van der Waals surface area (Å²) in [6.45, 7) is 15.0. The van der Waals surface area contributed by atoms with E-state index in [2.05, 4.69) is 52.5 Å². The molecule has 5 heteroatoms. The van der Waals surface area contributed by atoms with Gasteiger partial charge in [0.15, 0.2) is 0 Å². The Labute approximate surface area is 140 Å². The zero-order chi connectivity index (χ0) is 16.8. The molecule has 0 bridgehead atoms. The van der Waals surface area contributed by atoms with E-state index in [1.54, 1.807) is 0 Å². The molecule has 2 saturated heterocycles. The van der Waals surface area contributed by atoms with Gasteiger partial charge in [-0.15, -0.1) is 0 Å². The molecule has 1 aromatic heterocycles. The van der Waals surface area contributed by atoms with Gasteiger partial charge in [0.2, 0.25) is 0 Å². The lowest BCUT2D eigenvalue weighted by Gasteiger charge is -2.32. The third-order valence-electron chi connectivity index (χ3n) is 5.68. The molecule has 0 saturated carbocycles. The van der Waals surface area contributed by atoms with E-state index < -0.39 is 0 Å². The molecule has 2 aliphatic heterocycles. The minimum atomic E-state index is -0.332. The Morgan fingerprint density at radius 2 is 1.70 bits per heavy atom. The number of anilines is 1. The molecule has 126 valence electrons. The van der Waals surface area contributed by atoms with Crippen molar-refractivity contribution >= 4 is 18.4 Å². The number of hydrogen-bond donors (Lipinski definition) is 0. The summed E-state index contributed by atoms with van der Waals surface area (Å²) in [5.41, 5.74) is 1.59. The molecule has 0 N–H and O–H groups in total. The highest BCUT2D eigenvalue weighted by Gasteiger charge is 2.51. The second kappa shape index (κ2) is 5.78. The Kier molecular flexibility index (Phi) is 4.22. The SMILES string of the molecule is Cc1cc(B2OC(C)(C)C(C)(C)O2)cnc1N1CCC(C)CC1. The number of nitrogens with zero attached hydrogens (tertiary/aromatic N) is 2. The third-order valence-corrected chi connectivity index (χ3v) is 5.68. The van der Waals surface area contributed by atoms with Crippen LogP contribution in [-0.4, -0.2) is 36.4 Å². The zero-order valence-electron chi connectivity index (χ0n) is 15.3. The van der Waals surface area contributed by atoms with Gasteiger partial charge in [-0.05, 0) is 58.9 Å². The predicted octanol–water partition coefficient (Wildman–Crippen LogP) is 2.93. The van der Waals surface area contributed by atoms with E-state index in [1.165, 1.54) is 18.4 Å². The maximum atomic E-state index is 6.13. The smallest absolute Gasteiger partial charge is 0.399 e. The van der Waals surface area contributed by atoms with Crippen molar-refractivity contribution < 1.29 is 9.31 Å². The standard InChI is InChI=1S/C18H29BN2O2/c1-13-7-9-21(10-8-13)16-14(2)11-15(12-20-16)19-22-17(3,4)18(5,6)23-19/h11-13H,7-10H2,1-6H3.